The maximum Gasteiger partial charge on any atom is 0.242 e. The highest BCUT2D eigenvalue weighted by atomic mass is 35.5. The molecule has 0 aromatic heterocycles. The highest BCUT2D eigenvalue weighted by Crippen LogP contribution is 2.27. The number of carbonyl (C=O) groups excluding carboxylic acids is 2. The number of nitrogens with one attached hydrogen (secondary N) is 1. The lowest BCUT2D eigenvalue weighted by Gasteiger charge is -2.29. The largest absolute Gasteiger partial charge is 0.357 e. The summed E-state index contributed by atoms with van der Waals surface area (Å²) in [7, 11) is 1.54. The van der Waals surface area contributed by atoms with Gasteiger partial charge in [-0.3, -0.25) is 9.59 Å². The van der Waals surface area contributed by atoms with Crippen molar-refractivity contribution in [3.8, 4) is 0 Å². The predicted molar refractivity (Wildman–Crippen MR) is 118 cm³/mol. The van der Waals surface area contributed by atoms with E-state index in [9.17, 15) is 9.59 Å². The number of amides is 2. The van der Waals surface area contributed by atoms with Crippen LogP contribution in [0.2, 0.25) is 15.1 Å². The van der Waals surface area contributed by atoms with Gasteiger partial charge in [-0.2, -0.15) is 0 Å². The lowest BCUT2D eigenvalue weighted by molar-refractivity contribution is -0.138. The maximum absolute atomic E-state index is 12.9. The lowest BCUT2D eigenvalue weighted by Crippen LogP contribution is -2.47. The van der Waals surface area contributed by atoms with Crippen LogP contribution in [0.5, 0.6) is 0 Å². The zero-order valence-electron chi connectivity index (χ0n) is 15.5. The van der Waals surface area contributed by atoms with Crippen LogP contribution in [-0.4, -0.2) is 35.6 Å². The molecule has 0 bridgehead atoms. The van der Waals surface area contributed by atoms with Gasteiger partial charge in [0.25, 0.3) is 0 Å². The summed E-state index contributed by atoms with van der Waals surface area (Å²) in [6.45, 7) is 1.83. The third kappa shape index (κ3) is 6.05. The molecule has 1 atom stereocenters. The Labute approximate surface area is 184 Å². The van der Waals surface area contributed by atoms with Gasteiger partial charge in [-0.1, -0.05) is 59.1 Å². The van der Waals surface area contributed by atoms with Crippen LogP contribution in [0, 0.1) is 0 Å². The molecule has 0 saturated carbocycles. The van der Waals surface area contributed by atoms with Crippen LogP contribution in [0.15, 0.2) is 42.5 Å². The van der Waals surface area contributed by atoms with Crippen molar-refractivity contribution in [1.29, 1.82) is 0 Å². The summed E-state index contributed by atoms with van der Waals surface area (Å²) in [5.41, 5.74) is 1.58. The summed E-state index contributed by atoms with van der Waals surface area (Å²) in [6, 6.07) is 12.0. The van der Waals surface area contributed by atoms with E-state index in [1.807, 2.05) is 24.3 Å². The van der Waals surface area contributed by atoms with Crippen molar-refractivity contribution in [2.75, 3.05) is 12.8 Å². The van der Waals surface area contributed by atoms with E-state index >= 15 is 0 Å². The van der Waals surface area contributed by atoms with Gasteiger partial charge < -0.3 is 10.2 Å². The Kier molecular flexibility index (Phi) is 8.96. The molecule has 150 valence electrons. The topological polar surface area (TPSA) is 49.4 Å². The quantitative estimate of drug-likeness (QED) is 0.601. The Bertz CT molecular complexity index is 828. The van der Waals surface area contributed by atoms with Crippen LogP contribution in [0.1, 0.15) is 18.1 Å². The number of carbonyl (C=O) groups is 2. The molecule has 2 aromatic rings. The Hall–Kier alpha value is -1.40. The molecule has 0 aliphatic rings. The van der Waals surface area contributed by atoms with E-state index in [1.165, 1.54) is 23.7 Å². The molecular formula is C20H21Cl3N2O2S. The summed E-state index contributed by atoms with van der Waals surface area (Å²) in [5.74, 6) is 0.367. The van der Waals surface area contributed by atoms with Crippen LogP contribution in [0.25, 0.3) is 0 Å². The van der Waals surface area contributed by atoms with Gasteiger partial charge in [-0.15, -0.1) is 11.8 Å². The third-order valence-corrected chi connectivity index (χ3v) is 6.29. The number of thioether (sulfide) groups is 1. The average molecular weight is 460 g/mol. The number of hydrogen-bond acceptors (Lipinski definition) is 3. The van der Waals surface area contributed by atoms with Crippen LogP contribution < -0.4 is 5.32 Å². The number of hydrogen-bond donors (Lipinski definition) is 1. The summed E-state index contributed by atoms with van der Waals surface area (Å²) in [6.07, 6.45) is 0. The Morgan fingerprint density at radius 3 is 2.25 bits per heavy atom. The molecule has 0 fully saturated rings. The van der Waals surface area contributed by atoms with Crippen molar-refractivity contribution in [3.05, 3.63) is 68.7 Å². The van der Waals surface area contributed by atoms with Gasteiger partial charge in [0.1, 0.15) is 6.04 Å². The van der Waals surface area contributed by atoms with Gasteiger partial charge >= 0.3 is 0 Å². The molecule has 28 heavy (non-hydrogen) atoms. The Morgan fingerprint density at radius 1 is 1.04 bits per heavy atom. The molecule has 0 aliphatic heterocycles. The van der Waals surface area contributed by atoms with Crippen LogP contribution in [-0.2, 0) is 21.9 Å². The average Bonchev–Trinajstić information content (AvgIpc) is 2.68. The summed E-state index contributed by atoms with van der Waals surface area (Å²) in [4.78, 5) is 26.6. The molecule has 2 rings (SSSR count). The lowest BCUT2D eigenvalue weighted by atomic mass is 10.1. The molecule has 0 heterocycles. The minimum atomic E-state index is -0.661. The Balaban J connectivity index is 2.13. The van der Waals surface area contributed by atoms with Gasteiger partial charge in [0, 0.05) is 40.0 Å². The highest BCUT2D eigenvalue weighted by molar-refractivity contribution is 7.99. The van der Waals surface area contributed by atoms with E-state index in [4.69, 9.17) is 34.8 Å². The SMILES string of the molecule is CNC(=O)[C@H](C)N(Cc1c(Cl)cccc1Cl)C(=O)CSCc1ccccc1Cl. The normalized spacial score (nSPS) is 11.8. The van der Waals surface area contributed by atoms with Crippen molar-refractivity contribution in [1.82, 2.24) is 10.2 Å². The monoisotopic (exact) mass is 458 g/mol. The first-order chi connectivity index (χ1) is 13.3. The van der Waals surface area contributed by atoms with Gasteiger partial charge in [-0.05, 0) is 30.7 Å². The fourth-order valence-electron chi connectivity index (χ4n) is 2.59. The molecule has 1 N–H and O–H groups in total. The number of likely N-dealkylation sites (N-methyl/N-ethyl adjacent to an activating group) is 1. The molecule has 2 amide bonds. The molecule has 0 radical (unpaired) electrons. The summed E-state index contributed by atoms with van der Waals surface area (Å²) >= 11 is 20.1. The molecule has 0 aliphatic carbocycles. The smallest absolute Gasteiger partial charge is 0.242 e. The van der Waals surface area contributed by atoms with E-state index in [0.29, 0.717) is 26.4 Å². The first-order valence-electron chi connectivity index (χ1n) is 8.60. The van der Waals surface area contributed by atoms with E-state index in [2.05, 4.69) is 5.32 Å². The van der Waals surface area contributed by atoms with Gasteiger partial charge in [0.05, 0.1) is 5.75 Å². The van der Waals surface area contributed by atoms with Crippen LogP contribution in [0.4, 0.5) is 0 Å². The standard InChI is InChI=1S/C20H21Cl3N2O2S/c1-13(20(27)24-2)25(10-15-17(22)8-5-9-18(15)23)19(26)12-28-11-14-6-3-4-7-16(14)21/h3-9,13H,10-12H2,1-2H3,(H,24,27)/t13-/m0/s1. The van der Waals surface area contributed by atoms with Crippen LogP contribution >= 0.6 is 46.6 Å². The minimum Gasteiger partial charge on any atom is -0.357 e. The molecule has 4 nitrogen and oxygen atoms in total. The zero-order valence-corrected chi connectivity index (χ0v) is 18.6. The fourth-order valence-corrected chi connectivity index (χ4v) is 4.30. The zero-order chi connectivity index (χ0) is 20.7. The number of nitrogens with zero attached hydrogens (tertiary/aromatic N) is 1. The predicted octanol–water partition coefficient (Wildman–Crippen LogP) is 5.04. The minimum absolute atomic E-state index is 0.151. The maximum atomic E-state index is 12.9. The van der Waals surface area contributed by atoms with Gasteiger partial charge in [0.15, 0.2) is 0 Å². The number of benzene rings is 2. The Morgan fingerprint density at radius 2 is 1.64 bits per heavy atom. The van der Waals surface area contributed by atoms with E-state index in [1.54, 1.807) is 25.1 Å². The molecule has 0 unspecified atom stereocenters. The second-order valence-corrected chi connectivity index (χ2v) is 8.30. The summed E-state index contributed by atoms with van der Waals surface area (Å²) < 4.78 is 0. The number of halogens is 3. The van der Waals surface area contributed by atoms with Crippen molar-refractivity contribution in [2.45, 2.75) is 25.3 Å². The summed E-state index contributed by atoms with van der Waals surface area (Å²) in [5, 5.41) is 4.16. The molecule has 8 heteroatoms. The highest BCUT2D eigenvalue weighted by Gasteiger charge is 2.26. The molecular weight excluding hydrogens is 439 g/mol. The van der Waals surface area contributed by atoms with Crippen molar-refractivity contribution in [3.63, 3.8) is 0 Å². The molecule has 2 aromatic carbocycles. The number of rotatable bonds is 8. The first kappa shape index (κ1) is 22.9. The second kappa shape index (κ2) is 11.0. The third-order valence-electron chi connectivity index (χ3n) is 4.24. The fraction of sp³-hybridized carbons (Fsp3) is 0.300. The molecule has 0 spiro atoms. The van der Waals surface area contributed by atoms with Crippen LogP contribution in [0.3, 0.4) is 0 Å². The van der Waals surface area contributed by atoms with Crippen molar-refractivity contribution in [2.24, 2.45) is 0 Å². The van der Waals surface area contributed by atoms with E-state index in [-0.39, 0.29) is 24.1 Å². The second-order valence-electron chi connectivity index (χ2n) is 6.10. The first-order valence-corrected chi connectivity index (χ1v) is 10.9. The van der Waals surface area contributed by atoms with Crippen molar-refractivity contribution >= 4 is 58.4 Å². The van der Waals surface area contributed by atoms with Gasteiger partial charge in [0.2, 0.25) is 11.8 Å². The molecule has 0 saturated heterocycles. The van der Waals surface area contributed by atoms with Crippen molar-refractivity contribution < 1.29 is 9.59 Å². The van der Waals surface area contributed by atoms with E-state index < -0.39 is 6.04 Å². The van der Waals surface area contributed by atoms with Gasteiger partial charge in [-0.25, -0.2) is 0 Å². The van der Waals surface area contributed by atoms with E-state index in [0.717, 1.165) is 5.56 Å².